The zero-order chi connectivity index (χ0) is 12.3. The molecule has 1 heterocycles. The Kier molecular flexibility index (Phi) is 3.92. The van der Waals surface area contributed by atoms with E-state index in [0.29, 0.717) is 11.3 Å². The fourth-order valence-corrected chi connectivity index (χ4v) is 1.53. The molecule has 0 aliphatic carbocycles. The Bertz CT molecular complexity index is 461. The summed E-state index contributed by atoms with van der Waals surface area (Å²) in [6.07, 6.45) is 5.35. The molecule has 0 saturated heterocycles. The summed E-state index contributed by atoms with van der Waals surface area (Å²) in [7, 11) is 1.28. The molecule has 4 heteroatoms. The van der Waals surface area contributed by atoms with Crippen molar-refractivity contribution in [3.05, 3.63) is 28.0 Å². The average molecular weight is 238 g/mol. The topological polar surface area (TPSA) is 39.2 Å². The Morgan fingerprint density at radius 1 is 1.62 bits per heavy atom. The van der Waals surface area contributed by atoms with Crippen LogP contribution in [0.4, 0.5) is 0 Å². The summed E-state index contributed by atoms with van der Waals surface area (Å²) in [4.78, 5) is 15.6. The van der Waals surface area contributed by atoms with Crippen molar-refractivity contribution in [3.8, 4) is 12.3 Å². The van der Waals surface area contributed by atoms with Crippen molar-refractivity contribution in [2.24, 2.45) is 0 Å². The van der Waals surface area contributed by atoms with E-state index in [1.54, 1.807) is 6.07 Å². The standard InChI is InChI=1S/C12H12ClNO2/c1-5-8-6-9(13)11(12(15)16-4)14-10(8)7(2)3/h1,6-7H,2-4H3. The highest BCUT2D eigenvalue weighted by Gasteiger charge is 2.17. The second kappa shape index (κ2) is 5.00. The third-order valence-electron chi connectivity index (χ3n) is 2.09. The van der Waals surface area contributed by atoms with Gasteiger partial charge in [0.2, 0.25) is 0 Å². The lowest BCUT2D eigenvalue weighted by molar-refractivity contribution is 0.0594. The minimum atomic E-state index is -0.560. The predicted octanol–water partition coefficient (Wildman–Crippen LogP) is 2.63. The second-order valence-electron chi connectivity index (χ2n) is 3.54. The molecule has 1 rings (SSSR count). The van der Waals surface area contributed by atoms with Crippen LogP contribution in [0.1, 0.15) is 41.5 Å². The van der Waals surface area contributed by atoms with Crippen molar-refractivity contribution in [2.75, 3.05) is 7.11 Å². The Balaban J connectivity index is 3.40. The minimum absolute atomic E-state index is 0.104. The highest BCUT2D eigenvalue weighted by Crippen LogP contribution is 2.23. The molecule has 0 bridgehead atoms. The highest BCUT2D eigenvalue weighted by molar-refractivity contribution is 6.33. The predicted molar refractivity (Wildman–Crippen MR) is 62.6 cm³/mol. The number of rotatable bonds is 2. The van der Waals surface area contributed by atoms with Gasteiger partial charge in [-0.15, -0.1) is 6.42 Å². The van der Waals surface area contributed by atoms with Crippen LogP contribution in [0.15, 0.2) is 6.07 Å². The van der Waals surface area contributed by atoms with Gasteiger partial charge in [-0.3, -0.25) is 0 Å². The van der Waals surface area contributed by atoms with Crippen LogP contribution in [-0.4, -0.2) is 18.1 Å². The molecule has 0 fully saturated rings. The maximum atomic E-state index is 11.4. The summed E-state index contributed by atoms with van der Waals surface area (Å²) in [5, 5.41) is 0.212. The van der Waals surface area contributed by atoms with Gasteiger partial charge in [0, 0.05) is 5.56 Å². The lowest BCUT2D eigenvalue weighted by Gasteiger charge is -2.10. The van der Waals surface area contributed by atoms with Crippen LogP contribution in [-0.2, 0) is 4.74 Å². The van der Waals surface area contributed by atoms with Crippen LogP contribution >= 0.6 is 11.6 Å². The number of carbonyl (C=O) groups excluding carboxylic acids is 1. The monoisotopic (exact) mass is 237 g/mol. The molecule has 0 aromatic carbocycles. The van der Waals surface area contributed by atoms with Crippen molar-refractivity contribution < 1.29 is 9.53 Å². The van der Waals surface area contributed by atoms with Crippen LogP contribution in [0.5, 0.6) is 0 Å². The molecular weight excluding hydrogens is 226 g/mol. The molecule has 0 saturated carbocycles. The SMILES string of the molecule is C#Cc1cc(Cl)c(C(=O)OC)nc1C(C)C. The van der Waals surface area contributed by atoms with Gasteiger partial charge in [-0.05, 0) is 12.0 Å². The number of ether oxygens (including phenoxy) is 1. The number of terminal acetylenes is 1. The van der Waals surface area contributed by atoms with Crippen LogP contribution in [0.25, 0.3) is 0 Å². The van der Waals surface area contributed by atoms with Crippen molar-refractivity contribution in [1.82, 2.24) is 4.98 Å². The fourth-order valence-electron chi connectivity index (χ4n) is 1.30. The van der Waals surface area contributed by atoms with E-state index in [9.17, 15) is 4.79 Å². The number of hydrogen-bond donors (Lipinski definition) is 0. The number of halogens is 1. The average Bonchev–Trinajstić information content (AvgIpc) is 2.27. The summed E-state index contributed by atoms with van der Waals surface area (Å²) >= 11 is 5.90. The van der Waals surface area contributed by atoms with Gasteiger partial charge in [0.15, 0.2) is 5.69 Å². The van der Waals surface area contributed by atoms with Gasteiger partial charge in [0.05, 0.1) is 17.8 Å². The maximum absolute atomic E-state index is 11.4. The first kappa shape index (κ1) is 12.5. The minimum Gasteiger partial charge on any atom is -0.464 e. The van der Waals surface area contributed by atoms with Crippen molar-refractivity contribution in [1.29, 1.82) is 0 Å². The normalized spacial score (nSPS) is 10.0. The summed E-state index contributed by atoms with van der Waals surface area (Å²) in [6, 6.07) is 1.57. The molecule has 1 aromatic heterocycles. The van der Waals surface area contributed by atoms with E-state index >= 15 is 0 Å². The maximum Gasteiger partial charge on any atom is 0.358 e. The fraction of sp³-hybridized carbons (Fsp3) is 0.333. The Morgan fingerprint density at radius 2 is 2.25 bits per heavy atom. The lowest BCUT2D eigenvalue weighted by atomic mass is 10.0. The molecule has 0 spiro atoms. The third-order valence-corrected chi connectivity index (χ3v) is 2.37. The summed E-state index contributed by atoms with van der Waals surface area (Å²) in [6.45, 7) is 3.89. The quantitative estimate of drug-likeness (QED) is 0.586. The number of aromatic nitrogens is 1. The zero-order valence-corrected chi connectivity index (χ0v) is 10.1. The van der Waals surface area contributed by atoms with Crippen molar-refractivity contribution >= 4 is 17.6 Å². The van der Waals surface area contributed by atoms with Crippen LogP contribution < -0.4 is 0 Å². The first-order chi connectivity index (χ1) is 7.51. The second-order valence-corrected chi connectivity index (χ2v) is 3.95. The Morgan fingerprint density at radius 3 is 2.69 bits per heavy atom. The molecule has 0 N–H and O–H groups in total. The molecule has 0 aliphatic rings. The van der Waals surface area contributed by atoms with E-state index in [0.717, 1.165) is 0 Å². The number of methoxy groups -OCH3 is 1. The molecule has 1 aromatic rings. The molecule has 0 aliphatic heterocycles. The Hall–Kier alpha value is -1.53. The smallest absolute Gasteiger partial charge is 0.358 e. The van der Waals surface area contributed by atoms with Gasteiger partial charge in [-0.1, -0.05) is 31.4 Å². The molecular formula is C12H12ClNO2. The van der Waals surface area contributed by atoms with E-state index in [1.807, 2.05) is 13.8 Å². The molecule has 84 valence electrons. The van der Waals surface area contributed by atoms with Gasteiger partial charge in [0.1, 0.15) is 0 Å². The first-order valence-corrected chi connectivity index (χ1v) is 5.14. The van der Waals surface area contributed by atoms with Crippen LogP contribution in [0, 0.1) is 12.3 Å². The van der Waals surface area contributed by atoms with Gasteiger partial charge in [-0.2, -0.15) is 0 Å². The summed E-state index contributed by atoms with van der Waals surface area (Å²) < 4.78 is 4.59. The molecule has 16 heavy (non-hydrogen) atoms. The number of carbonyl (C=O) groups is 1. The number of nitrogens with zero attached hydrogens (tertiary/aromatic N) is 1. The van der Waals surface area contributed by atoms with E-state index in [-0.39, 0.29) is 16.6 Å². The summed E-state index contributed by atoms with van der Waals surface area (Å²) in [5.41, 5.74) is 1.38. The van der Waals surface area contributed by atoms with Crippen LogP contribution in [0.2, 0.25) is 5.02 Å². The Labute approximate surface area is 99.8 Å². The van der Waals surface area contributed by atoms with Crippen LogP contribution in [0.3, 0.4) is 0 Å². The third kappa shape index (κ3) is 2.34. The van der Waals surface area contributed by atoms with E-state index < -0.39 is 5.97 Å². The number of hydrogen-bond acceptors (Lipinski definition) is 3. The van der Waals surface area contributed by atoms with Crippen molar-refractivity contribution in [2.45, 2.75) is 19.8 Å². The van der Waals surface area contributed by atoms with Gasteiger partial charge < -0.3 is 4.74 Å². The molecule has 0 amide bonds. The van der Waals surface area contributed by atoms with Gasteiger partial charge in [-0.25, -0.2) is 9.78 Å². The largest absolute Gasteiger partial charge is 0.464 e. The summed E-state index contributed by atoms with van der Waals surface area (Å²) in [5.74, 6) is 2.06. The number of pyridine rings is 1. The lowest BCUT2D eigenvalue weighted by Crippen LogP contribution is -2.09. The van der Waals surface area contributed by atoms with Gasteiger partial charge >= 0.3 is 5.97 Å². The number of esters is 1. The molecule has 0 radical (unpaired) electrons. The molecule has 0 atom stereocenters. The van der Waals surface area contributed by atoms with E-state index in [1.165, 1.54) is 7.11 Å². The first-order valence-electron chi connectivity index (χ1n) is 4.76. The van der Waals surface area contributed by atoms with E-state index in [2.05, 4.69) is 15.6 Å². The molecule has 0 unspecified atom stereocenters. The van der Waals surface area contributed by atoms with E-state index in [4.69, 9.17) is 18.0 Å². The highest BCUT2D eigenvalue weighted by atomic mass is 35.5. The van der Waals surface area contributed by atoms with Crippen molar-refractivity contribution in [3.63, 3.8) is 0 Å². The molecule has 3 nitrogen and oxygen atoms in total. The van der Waals surface area contributed by atoms with Gasteiger partial charge in [0.25, 0.3) is 0 Å². The zero-order valence-electron chi connectivity index (χ0n) is 9.37.